The van der Waals surface area contributed by atoms with Crippen LogP contribution in [-0.4, -0.2) is 54.4 Å². The normalized spacial score (nSPS) is 37.2. The van der Waals surface area contributed by atoms with Gasteiger partial charge in [-0.05, 0) is 15.9 Å². The van der Waals surface area contributed by atoms with Crippen LogP contribution in [0.25, 0.3) is 11.2 Å². The molecule has 0 bridgehead atoms. The minimum Gasteiger partial charge on any atom is -0.385 e. The highest BCUT2D eigenvalue weighted by Crippen LogP contribution is 2.66. The van der Waals surface area contributed by atoms with Crippen LogP contribution in [0.1, 0.15) is 6.23 Å². The lowest BCUT2D eigenvalue weighted by Gasteiger charge is -2.25. The molecule has 13 heteroatoms. The van der Waals surface area contributed by atoms with Crippen LogP contribution in [-0.2, 0) is 13.8 Å². The van der Waals surface area contributed by atoms with Crippen molar-refractivity contribution in [3.05, 3.63) is 11.1 Å². The molecule has 2 aromatic heterocycles. The summed E-state index contributed by atoms with van der Waals surface area (Å²) < 4.78 is 18.2. The minimum atomic E-state index is -3.24. The standard InChI is InChI=1S/C10H12BrN5O5PS/c11-10-15-4-7(12)13-2-14-8(4)16(10)9-5(17)6-3(20-9)1-19-22(18,23)21-6/h2-3,5-6,9,17-18,23H,1H2,(H2,12,13,14)/q+1/t3?,5?,6?,9-,22?/m1/s1. The highest BCUT2D eigenvalue weighted by Gasteiger charge is 2.58. The largest absolute Gasteiger partial charge is 0.476 e. The van der Waals surface area contributed by atoms with Crippen molar-refractivity contribution in [1.29, 1.82) is 0 Å². The van der Waals surface area contributed by atoms with Crippen LogP contribution >= 0.6 is 35.3 Å². The van der Waals surface area contributed by atoms with Crippen molar-refractivity contribution < 1.29 is 23.8 Å². The lowest BCUT2D eigenvalue weighted by Crippen LogP contribution is -2.39. The number of hydrogen-bond acceptors (Lipinski definition) is 10. The van der Waals surface area contributed by atoms with Gasteiger partial charge in [0.2, 0.25) is 0 Å². The topological polar surface area (TPSA) is 138 Å². The lowest BCUT2D eigenvalue weighted by molar-refractivity contribution is -0.0606. The first-order valence-electron chi connectivity index (χ1n) is 6.52. The van der Waals surface area contributed by atoms with Crippen molar-refractivity contribution in [2.45, 2.75) is 24.5 Å². The predicted octanol–water partition coefficient (Wildman–Crippen LogP) is 0.444. The third kappa shape index (κ3) is 2.53. The maximum Gasteiger partial charge on any atom is 0.476 e. The molecule has 4 unspecified atom stereocenters. The molecule has 0 saturated carbocycles. The van der Waals surface area contributed by atoms with Crippen molar-refractivity contribution in [1.82, 2.24) is 19.5 Å². The second kappa shape index (κ2) is 5.46. The van der Waals surface area contributed by atoms with Gasteiger partial charge in [0.25, 0.3) is 0 Å². The molecule has 2 aliphatic heterocycles. The SMILES string of the molecule is Nc1ncnc2c1nc(Br)n2[C@@H]1OC2CO[P+](O)(S)OC2C1O. The first-order valence-corrected chi connectivity index (χ1v) is 10.0. The van der Waals surface area contributed by atoms with Crippen molar-refractivity contribution in [2.24, 2.45) is 0 Å². The average molecular weight is 425 g/mol. The van der Waals surface area contributed by atoms with Crippen molar-refractivity contribution in [3.63, 3.8) is 0 Å². The zero-order chi connectivity index (χ0) is 16.4. The van der Waals surface area contributed by atoms with Crippen LogP contribution < -0.4 is 5.73 Å². The number of halogens is 1. The Balaban J connectivity index is 1.75. The number of ether oxygens (including phenoxy) is 1. The van der Waals surface area contributed by atoms with Crippen molar-refractivity contribution in [2.75, 3.05) is 12.3 Å². The molecule has 0 spiro atoms. The van der Waals surface area contributed by atoms with Gasteiger partial charge in [0.05, 0.1) is 12.2 Å². The molecule has 0 aliphatic carbocycles. The van der Waals surface area contributed by atoms with E-state index in [0.29, 0.717) is 15.9 Å². The van der Waals surface area contributed by atoms with Crippen molar-refractivity contribution in [3.8, 4) is 0 Å². The van der Waals surface area contributed by atoms with Gasteiger partial charge < -0.3 is 15.6 Å². The summed E-state index contributed by atoms with van der Waals surface area (Å²) >= 11 is 7.24. The van der Waals surface area contributed by atoms with E-state index < -0.39 is 31.7 Å². The highest BCUT2D eigenvalue weighted by atomic mass is 79.9. The number of thiol groups is 1. The second-order valence-corrected chi connectivity index (χ2v) is 8.77. The quantitative estimate of drug-likeness (QED) is 0.291. The predicted molar refractivity (Wildman–Crippen MR) is 86.3 cm³/mol. The summed E-state index contributed by atoms with van der Waals surface area (Å²) in [6.07, 6.45) is -1.94. The fraction of sp³-hybridized carbons (Fsp3) is 0.500. The van der Waals surface area contributed by atoms with E-state index in [0.717, 1.165) is 0 Å². The molecule has 4 N–H and O–H groups in total. The monoisotopic (exact) mass is 424 g/mol. The molecule has 2 aromatic rings. The number of aliphatic hydroxyl groups excluding tert-OH is 1. The van der Waals surface area contributed by atoms with Crippen LogP contribution in [0.4, 0.5) is 5.82 Å². The Morgan fingerprint density at radius 2 is 2.26 bits per heavy atom. The summed E-state index contributed by atoms with van der Waals surface area (Å²) in [7, 11) is -3.24. The molecule has 5 atom stereocenters. The van der Waals surface area contributed by atoms with Gasteiger partial charge in [-0.15, -0.1) is 0 Å². The van der Waals surface area contributed by atoms with Gasteiger partial charge in [0.15, 0.2) is 34.0 Å². The molecule has 4 heterocycles. The van der Waals surface area contributed by atoms with Crippen LogP contribution in [0.3, 0.4) is 0 Å². The smallest absolute Gasteiger partial charge is 0.385 e. The van der Waals surface area contributed by atoms with E-state index >= 15 is 0 Å². The van der Waals surface area contributed by atoms with Crippen LogP contribution in [0.5, 0.6) is 0 Å². The van der Waals surface area contributed by atoms with Crippen LogP contribution in [0.2, 0.25) is 0 Å². The summed E-state index contributed by atoms with van der Waals surface area (Å²) in [6, 6.07) is 0. The second-order valence-electron chi connectivity index (χ2n) is 5.09. The van der Waals surface area contributed by atoms with Gasteiger partial charge >= 0.3 is 7.15 Å². The Morgan fingerprint density at radius 3 is 3.04 bits per heavy atom. The number of imidazole rings is 1. The number of aliphatic hydroxyl groups is 1. The third-order valence-corrected chi connectivity index (χ3v) is 5.88. The fourth-order valence-electron chi connectivity index (χ4n) is 2.68. The minimum absolute atomic E-state index is 0.0629. The van der Waals surface area contributed by atoms with Gasteiger partial charge in [-0.3, -0.25) is 4.57 Å². The number of nitrogen functional groups attached to an aromatic ring is 1. The van der Waals surface area contributed by atoms with E-state index in [4.69, 9.17) is 19.5 Å². The number of rotatable bonds is 1. The van der Waals surface area contributed by atoms with Crippen LogP contribution in [0, 0.1) is 0 Å². The van der Waals surface area contributed by atoms with Gasteiger partial charge in [-0.1, -0.05) is 0 Å². The summed E-state index contributed by atoms with van der Waals surface area (Å²) in [5.41, 5.74) is 6.59. The van der Waals surface area contributed by atoms with Gasteiger partial charge in [0.1, 0.15) is 25.1 Å². The Morgan fingerprint density at radius 1 is 1.48 bits per heavy atom. The first-order chi connectivity index (χ1) is 10.9. The van der Waals surface area contributed by atoms with E-state index in [1.54, 1.807) is 4.57 Å². The van der Waals surface area contributed by atoms with Crippen molar-refractivity contribution >= 4 is 52.3 Å². The molecular weight excluding hydrogens is 413 g/mol. The maximum absolute atomic E-state index is 10.6. The number of fused-ring (bicyclic) bond motifs is 2. The summed E-state index contributed by atoms with van der Waals surface area (Å²) in [5.74, 6) is 0.217. The molecule has 2 fully saturated rings. The zero-order valence-electron chi connectivity index (χ0n) is 11.4. The Kier molecular flexibility index (Phi) is 3.78. The number of nitrogens with two attached hydrogens (primary N) is 1. The number of anilines is 1. The highest BCUT2D eigenvalue weighted by molar-refractivity contribution is 9.10. The molecule has 124 valence electrons. The Hall–Kier alpha value is -0.590. The summed E-state index contributed by atoms with van der Waals surface area (Å²) in [5, 5.41) is 10.6. The number of nitrogens with zero attached hydrogens (tertiary/aromatic N) is 4. The summed E-state index contributed by atoms with van der Waals surface area (Å²) in [6.45, 7) is 0.0629. The molecule has 10 nitrogen and oxygen atoms in total. The molecule has 23 heavy (non-hydrogen) atoms. The molecule has 2 saturated heterocycles. The molecule has 0 aromatic carbocycles. The number of hydrogen-bond donors (Lipinski definition) is 4. The lowest BCUT2D eigenvalue weighted by atomic mass is 10.1. The molecule has 0 radical (unpaired) electrons. The average Bonchev–Trinajstić information content (AvgIpc) is 2.97. The van der Waals surface area contributed by atoms with E-state index in [-0.39, 0.29) is 12.4 Å². The first kappa shape index (κ1) is 15.9. The van der Waals surface area contributed by atoms with Gasteiger partial charge in [-0.25, -0.2) is 15.0 Å². The summed E-state index contributed by atoms with van der Waals surface area (Å²) in [4.78, 5) is 22.1. The van der Waals surface area contributed by atoms with Crippen LogP contribution in [0.15, 0.2) is 11.1 Å². The maximum atomic E-state index is 10.6. The molecule has 2 aliphatic rings. The molecular formula is C10H12BrN5O5PS+. The van der Waals surface area contributed by atoms with Gasteiger partial charge in [-0.2, -0.15) is 13.9 Å². The Labute approximate surface area is 143 Å². The fourth-order valence-corrected chi connectivity index (χ4v) is 4.74. The van der Waals surface area contributed by atoms with E-state index in [2.05, 4.69) is 43.1 Å². The zero-order valence-corrected chi connectivity index (χ0v) is 14.7. The molecule has 0 amide bonds. The Bertz CT molecular complexity index is 777. The third-order valence-electron chi connectivity index (χ3n) is 3.69. The number of aromatic nitrogens is 4. The van der Waals surface area contributed by atoms with Gasteiger partial charge in [0, 0.05) is 0 Å². The van der Waals surface area contributed by atoms with E-state index in [1.807, 2.05) is 0 Å². The molecule has 4 rings (SSSR count). The van der Waals surface area contributed by atoms with E-state index in [1.165, 1.54) is 6.33 Å². The van der Waals surface area contributed by atoms with E-state index in [9.17, 15) is 10.00 Å².